The molecule has 0 aromatic heterocycles. The van der Waals surface area contributed by atoms with E-state index < -0.39 is 46.9 Å². The van der Waals surface area contributed by atoms with E-state index in [2.05, 4.69) is 0 Å². The topological polar surface area (TPSA) is 172 Å². The number of carbonyl (C=O) groups is 6. The molecule has 2 fully saturated rings. The van der Waals surface area contributed by atoms with Crippen molar-refractivity contribution in [1.29, 1.82) is 0 Å². The van der Waals surface area contributed by atoms with E-state index in [-0.39, 0.29) is 58.2 Å². The Balaban J connectivity index is 1.60. The van der Waals surface area contributed by atoms with Crippen molar-refractivity contribution in [3.05, 3.63) is 0 Å². The van der Waals surface area contributed by atoms with Gasteiger partial charge in [0.25, 0.3) is 23.6 Å². The summed E-state index contributed by atoms with van der Waals surface area (Å²) in [5.74, 6) is -3.52. The maximum Gasteiger partial charge on any atom is 0.333 e. The van der Waals surface area contributed by atoms with Crippen molar-refractivity contribution < 1.29 is 47.9 Å². The summed E-state index contributed by atoms with van der Waals surface area (Å²) in [5, 5.41) is 1.02. The Morgan fingerprint density at radius 1 is 0.771 bits per heavy atom. The smallest absolute Gasteiger partial charge is 0.333 e. The van der Waals surface area contributed by atoms with Gasteiger partial charge in [-0.2, -0.15) is 0 Å². The molecule has 1 unspecified atom stereocenters. The quantitative estimate of drug-likeness (QED) is 0.202. The summed E-state index contributed by atoms with van der Waals surface area (Å²) in [7, 11) is 0. The van der Waals surface area contributed by atoms with Crippen LogP contribution in [-0.2, 0) is 47.9 Å². The highest BCUT2D eigenvalue weighted by molar-refractivity contribution is 6.02. The van der Waals surface area contributed by atoms with Gasteiger partial charge in [0.1, 0.15) is 5.72 Å². The van der Waals surface area contributed by atoms with Crippen LogP contribution < -0.4 is 5.73 Å². The van der Waals surface area contributed by atoms with E-state index in [4.69, 9.17) is 24.9 Å². The van der Waals surface area contributed by atoms with Crippen LogP contribution in [0.1, 0.15) is 78.6 Å². The van der Waals surface area contributed by atoms with Gasteiger partial charge < -0.3 is 24.9 Å². The monoisotopic (exact) mass is 499 g/mol. The molecule has 2 aliphatic rings. The number of rotatable bonds is 14. The lowest BCUT2D eigenvalue weighted by molar-refractivity contribution is -0.198. The first-order chi connectivity index (χ1) is 16.3. The standard InChI is InChI=1S/C22H33N3O10/c1-21(2,12-4-6-19(30)34-24-15(26)8-9-16(24)27)33-14-22(3,23)32-13-5-7-20(31)35-25-17(28)10-11-18(25)29/h4-14,23H2,1-3H3. The summed E-state index contributed by atoms with van der Waals surface area (Å²) in [4.78, 5) is 79.2. The zero-order valence-corrected chi connectivity index (χ0v) is 20.3. The van der Waals surface area contributed by atoms with Gasteiger partial charge in [-0.25, -0.2) is 9.59 Å². The Labute approximate surface area is 203 Å². The van der Waals surface area contributed by atoms with E-state index >= 15 is 0 Å². The van der Waals surface area contributed by atoms with Crippen LogP contribution in [0.15, 0.2) is 0 Å². The largest absolute Gasteiger partial charge is 0.371 e. The number of ether oxygens (including phenoxy) is 2. The molecule has 1 atom stereocenters. The van der Waals surface area contributed by atoms with Crippen molar-refractivity contribution >= 4 is 35.6 Å². The zero-order valence-electron chi connectivity index (χ0n) is 20.3. The lowest BCUT2D eigenvalue weighted by Gasteiger charge is -2.32. The maximum absolute atomic E-state index is 11.9. The minimum absolute atomic E-state index is 0.00493. The molecule has 4 amide bonds. The van der Waals surface area contributed by atoms with Gasteiger partial charge in [-0.1, -0.05) is 0 Å². The van der Waals surface area contributed by atoms with Crippen LogP contribution in [0, 0.1) is 0 Å². The Hall–Kier alpha value is -2.90. The molecule has 2 saturated heterocycles. The fraction of sp³-hybridized carbons (Fsp3) is 0.727. The number of hydrogen-bond donors (Lipinski definition) is 1. The van der Waals surface area contributed by atoms with Crippen LogP contribution in [0.2, 0.25) is 0 Å². The van der Waals surface area contributed by atoms with Gasteiger partial charge in [0.15, 0.2) is 0 Å². The molecular weight excluding hydrogens is 466 g/mol. The highest BCUT2D eigenvalue weighted by Gasteiger charge is 2.34. The van der Waals surface area contributed by atoms with Crippen molar-refractivity contribution in [2.24, 2.45) is 5.73 Å². The summed E-state index contributed by atoms with van der Waals surface area (Å²) < 4.78 is 11.4. The number of nitrogens with two attached hydrogens (primary N) is 1. The molecule has 2 rings (SSSR count). The molecule has 0 bridgehead atoms. The van der Waals surface area contributed by atoms with Crippen LogP contribution in [-0.4, -0.2) is 70.2 Å². The molecule has 0 saturated carbocycles. The van der Waals surface area contributed by atoms with Crippen molar-refractivity contribution in [2.75, 3.05) is 13.2 Å². The molecule has 2 heterocycles. The minimum Gasteiger partial charge on any atom is -0.371 e. The summed E-state index contributed by atoms with van der Waals surface area (Å²) in [6, 6.07) is 0. The van der Waals surface area contributed by atoms with Gasteiger partial charge in [-0.3, -0.25) is 19.2 Å². The Bertz CT molecular complexity index is 822. The average molecular weight is 500 g/mol. The van der Waals surface area contributed by atoms with E-state index in [1.165, 1.54) is 0 Å². The highest BCUT2D eigenvalue weighted by Crippen LogP contribution is 2.21. The fourth-order valence-corrected chi connectivity index (χ4v) is 3.24. The number of hydroxylamine groups is 4. The van der Waals surface area contributed by atoms with Crippen LogP contribution in [0.3, 0.4) is 0 Å². The molecule has 0 aliphatic carbocycles. The first kappa shape index (κ1) is 28.3. The van der Waals surface area contributed by atoms with Crippen LogP contribution in [0.4, 0.5) is 0 Å². The maximum atomic E-state index is 11.9. The second-order valence-corrected chi connectivity index (χ2v) is 9.26. The Morgan fingerprint density at radius 3 is 1.66 bits per heavy atom. The van der Waals surface area contributed by atoms with Gasteiger partial charge in [-0.15, -0.1) is 10.1 Å². The fourth-order valence-electron chi connectivity index (χ4n) is 3.24. The molecule has 2 N–H and O–H groups in total. The molecule has 196 valence electrons. The number of amides is 4. The molecular formula is C22H33N3O10. The van der Waals surface area contributed by atoms with Crippen molar-refractivity contribution in [3.8, 4) is 0 Å². The van der Waals surface area contributed by atoms with Crippen LogP contribution >= 0.6 is 0 Å². The summed E-state index contributed by atoms with van der Waals surface area (Å²) in [6.07, 6.45) is 1.21. The SMILES string of the molecule is CC(C)(CCCC(=O)ON1C(=O)CCC1=O)OCC(C)(N)OCCCC(=O)ON1C(=O)CCC1=O. The molecule has 2 aliphatic heterocycles. The first-order valence-electron chi connectivity index (χ1n) is 11.5. The lowest BCUT2D eigenvalue weighted by Crippen LogP contribution is -2.46. The predicted molar refractivity (Wildman–Crippen MR) is 116 cm³/mol. The van der Waals surface area contributed by atoms with Gasteiger partial charge in [-0.05, 0) is 40.0 Å². The number of hydrogen-bond acceptors (Lipinski definition) is 11. The normalized spacial score (nSPS) is 18.3. The molecule has 13 nitrogen and oxygen atoms in total. The number of nitrogens with zero attached hydrogens (tertiary/aromatic N) is 2. The zero-order chi connectivity index (χ0) is 26.2. The summed E-state index contributed by atoms with van der Waals surface area (Å²) in [6.45, 7) is 5.40. The molecule has 13 heteroatoms. The van der Waals surface area contributed by atoms with Gasteiger partial charge >= 0.3 is 11.9 Å². The van der Waals surface area contributed by atoms with Crippen molar-refractivity contribution in [3.63, 3.8) is 0 Å². The third-order valence-corrected chi connectivity index (χ3v) is 5.26. The minimum atomic E-state index is -1.16. The number of carbonyl (C=O) groups excluding carboxylic acids is 6. The van der Waals surface area contributed by atoms with Crippen LogP contribution in [0.25, 0.3) is 0 Å². The molecule has 0 aromatic rings. The predicted octanol–water partition coefficient (Wildman–Crippen LogP) is 0.638. The van der Waals surface area contributed by atoms with Gasteiger partial charge in [0.05, 0.1) is 18.6 Å². The molecule has 0 spiro atoms. The number of imide groups is 2. The third kappa shape index (κ3) is 9.34. The highest BCUT2D eigenvalue weighted by atomic mass is 16.7. The van der Waals surface area contributed by atoms with Gasteiger partial charge in [0, 0.05) is 38.7 Å². The van der Waals surface area contributed by atoms with E-state index in [0.29, 0.717) is 23.0 Å². The van der Waals surface area contributed by atoms with Crippen LogP contribution in [0.5, 0.6) is 0 Å². The van der Waals surface area contributed by atoms with E-state index in [1.807, 2.05) is 13.8 Å². The summed E-state index contributed by atoms with van der Waals surface area (Å²) >= 11 is 0. The molecule has 0 radical (unpaired) electrons. The third-order valence-electron chi connectivity index (χ3n) is 5.26. The van der Waals surface area contributed by atoms with E-state index in [9.17, 15) is 28.8 Å². The Morgan fingerprint density at radius 2 is 1.20 bits per heavy atom. The molecule has 35 heavy (non-hydrogen) atoms. The molecule has 0 aromatic carbocycles. The van der Waals surface area contributed by atoms with E-state index in [1.54, 1.807) is 6.92 Å². The second kappa shape index (κ2) is 12.2. The second-order valence-electron chi connectivity index (χ2n) is 9.26. The lowest BCUT2D eigenvalue weighted by atomic mass is 10.0. The average Bonchev–Trinajstić information content (AvgIpc) is 3.26. The summed E-state index contributed by atoms with van der Waals surface area (Å²) in [5.41, 5.74) is 4.29. The Kier molecular flexibility index (Phi) is 9.86. The van der Waals surface area contributed by atoms with E-state index in [0.717, 1.165) is 0 Å². The van der Waals surface area contributed by atoms with Crippen molar-refractivity contribution in [1.82, 2.24) is 10.1 Å². The van der Waals surface area contributed by atoms with Gasteiger partial charge in [0.2, 0.25) is 0 Å². The van der Waals surface area contributed by atoms with Crippen molar-refractivity contribution in [2.45, 2.75) is 89.9 Å². The first-order valence-corrected chi connectivity index (χ1v) is 11.5.